The number of furan rings is 1. The van der Waals surface area contributed by atoms with Crippen LogP contribution in [0.5, 0.6) is 0 Å². The fraction of sp³-hybridized carbons (Fsp3) is 0.417. The zero-order valence-corrected chi connectivity index (χ0v) is 10.5. The van der Waals surface area contributed by atoms with E-state index in [1.165, 1.54) is 17.2 Å². The molecule has 0 radical (unpaired) electrons. The molecule has 1 atom stereocenters. The largest absolute Gasteiger partial charge is 0.459 e. The summed E-state index contributed by atoms with van der Waals surface area (Å²) in [5.74, 6) is -0.774. The van der Waals surface area contributed by atoms with E-state index in [2.05, 4.69) is 10.6 Å². The fourth-order valence-corrected chi connectivity index (χ4v) is 1.88. The van der Waals surface area contributed by atoms with Crippen LogP contribution in [0.2, 0.25) is 0 Å². The zero-order valence-electron chi connectivity index (χ0n) is 10.5. The van der Waals surface area contributed by atoms with Gasteiger partial charge in [0, 0.05) is 13.1 Å². The number of nitrogens with zero attached hydrogens (tertiary/aromatic N) is 1. The highest BCUT2D eigenvalue weighted by Gasteiger charge is 2.29. The summed E-state index contributed by atoms with van der Waals surface area (Å²) in [5.41, 5.74) is 0. The highest BCUT2D eigenvalue weighted by atomic mass is 16.3. The number of carbonyl (C=O) groups excluding carboxylic acids is 3. The smallest absolute Gasteiger partial charge is 0.287 e. The summed E-state index contributed by atoms with van der Waals surface area (Å²) in [6.07, 6.45) is 1.38. The van der Waals surface area contributed by atoms with E-state index in [0.717, 1.165) is 0 Å². The Morgan fingerprint density at radius 1 is 1.58 bits per heavy atom. The van der Waals surface area contributed by atoms with E-state index in [0.29, 0.717) is 13.1 Å². The maximum Gasteiger partial charge on any atom is 0.287 e. The van der Waals surface area contributed by atoms with Gasteiger partial charge in [-0.1, -0.05) is 0 Å². The Bertz CT molecular complexity index is 483. The lowest BCUT2D eigenvalue weighted by molar-refractivity contribution is -0.141. The summed E-state index contributed by atoms with van der Waals surface area (Å²) in [6.45, 7) is 2.38. The van der Waals surface area contributed by atoms with Gasteiger partial charge in [0.2, 0.25) is 11.8 Å². The van der Waals surface area contributed by atoms with Crippen molar-refractivity contribution in [3.8, 4) is 0 Å². The van der Waals surface area contributed by atoms with Gasteiger partial charge in [-0.15, -0.1) is 0 Å². The van der Waals surface area contributed by atoms with Gasteiger partial charge in [-0.25, -0.2) is 0 Å². The maximum absolute atomic E-state index is 11.9. The van der Waals surface area contributed by atoms with E-state index in [1.54, 1.807) is 13.0 Å². The van der Waals surface area contributed by atoms with Crippen molar-refractivity contribution in [1.82, 2.24) is 15.5 Å². The van der Waals surface area contributed by atoms with Gasteiger partial charge < -0.3 is 20.0 Å². The quantitative estimate of drug-likeness (QED) is 0.760. The number of rotatable bonds is 3. The van der Waals surface area contributed by atoms with E-state index in [4.69, 9.17) is 4.42 Å². The molecule has 1 aromatic rings. The van der Waals surface area contributed by atoms with Gasteiger partial charge in [-0.05, 0) is 19.1 Å². The molecule has 1 saturated heterocycles. The average Bonchev–Trinajstić information content (AvgIpc) is 2.93. The standard InChI is InChI=1S/C12H15N3O4/c1-8-11(17)13-4-5-15(8)10(16)7-14-12(18)9-3-2-6-19-9/h2-3,6,8H,4-5,7H2,1H3,(H,13,17)(H,14,18). The number of nitrogens with one attached hydrogen (secondary N) is 2. The zero-order chi connectivity index (χ0) is 13.8. The normalized spacial score (nSPS) is 18.9. The van der Waals surface area contributed by atoms with Crippen molar-refractivity contribution >= 4 is 17.7 Å². The van der Waals surface area contributed by atoms with Crippen LogP contribution in [0, 0.1) is 0 Å². The van der Waals surface area contributed by atoms with Gasteiger partial charge in [-0.2, -0.15) is 0 Å². The first kappa shape index (κ1) is 13.1. The predicted molar refractivity (Wildman–Crippen MR) is 65.2 cm³/mol. The topological polar surface area (TPSA) is 91.7 Å². The minimum Gasteiger partial charge on any atom is -0.459 e. The molecule has 1 unspecified atom stereocenters. The van der Waals surface area contributed by atoms with E-state index in [1.807, 2.05) is 0 Å². The first-order chi connectivity index (χ1) is 9.09. The van der Waals surface area contributed by atoms with Crippen molar-refractivity contribution in [2.24, 2.45) is 0 Å². The second-order valence-electron chi connectivity index (χ2n) is 4.21. The van der Waals surface area contributed by atoms with Gasteiger partial charge in [0.15, 0.2) is 5.76 Å². The highest BCUT2D eigenvalue weighted by Crippen LogP contribution is 2.04. The summed E-state index contributed by atoms with van der Waals surface area (Å²) < 4.78 is 4.91. The van der Waals surface area contributed by atoms with Gasteiger partial charge in [0.1, 0.15) is 6.04 Å². The van der Waals surface area contributed by atoms with E-state index in [9.17, 15) is 14.4 Å². The molecule has 3 amide bonds. The molecular weight excluding hydrogens is 250 g/mol. The summed E-state index contributed by atoms with van der Waals surface area (Å²) in [5, 5.41) is 5.13. The number of amides is 3. The van der Waals surface area contributed by atoms with E-state index >= 15 is 0 Å². The number of hydrogen-bond acceptors (Lipinski definition) is 4. The predicted octanol–water partition coefficient (Wildman–Crippen LogP) is -0.644. The third-order valence-electron chi connectivity index (χ3n) is 2.96. The van der Waals surface area contributed by atoms with Crippen LogP contribution in [-0.4, -0.2) is 48.3 Å². The third-order valence-corrected chi connectivity index (χ3v) is 2.96. The molecule has 0 aliphatic carbocycles. The lowest BCUT2D eigenvalue weighted by atomic mass is 10.2. The molecule has 1 aliphatic heterocycles. The molecule has 19 heavy (non-hydrogen) atoms. The Balaban J connectivity index is 1.87. The van der Waals surface area contributed by atoms with Crippen LogP contribution < -0.4 is 10.6 Å². The monoisotopic (exact) mass is 265 g/mol. The van der Waals surface area contributed by atoms with E-state index in [-0.39, 0.29) is 24.1 Å². The first-order valence-corrected chi connectivity index (χ1v) is 5.98. The van der Waals surface area contributed by atoms with Crippen molar-refractivity contribution in [2.75, 3.05) is 19.6 Å². The lowest BCUT2D eigenvalue weighted by Gasteiger charge is -2.32. The minimum atomic E-state index is -0.512. The van der Waals surface area contributed by atoms with Gasteiger partial charge in [-0.3, -0.25) is 14.4 Å². The molecule has 1 aliphatic rings. The van der Waals surface area contributed by atoms with Gasteiger partial charge in [0.05, 0.1) is 12.8 Å². The second kappa shape index (κ2) is 5.55. The Morgan fingerprint density at radius 3 is 3.05 bits per heavy atom. The van der Waals surface area contributed by atoms with Crippen LogP contribution in [0.25, 0.3) is 0 Å². The third kappa shape index (κ3) is 2.93. The Morgan fingerprint density at radius 2 is 2.37 bits per heavy atom. The lowest BCUT2D eigenvalue weighted by Crippen LogP contribution is -2.57. The summed E-state index contributed by atoms with van der Waals surface area (Å²) in [4.78, 5) is 36.4. The Labute approximate surface area is 109 Å². The number of hydrogen-bond donors (Lipinski definition) is 2. The SMILES string of the molecule is CC1C(=O)NCCN1C(=O)CNC(=O)c1ccco1. The van der Waals surface area contributed by atoms with Crippen molar-refractivity contribution in [1.29, 1.82) is 0 Å². The molecule has 2 rings (SSSR count). The molecule has 7 nitrogen and oxygen atoms in total. The van der Waals surface area contributed by atoms with E-state index < -0.39 is 11.9 Å². The van der Waals surface area contributed by atoms with Crippen molar-refractivity contribution in [2.45, 2.75) is 13.0 Å². The van der Waals surface area contributed by atoms with Crippen LogP contribution in [-0.2, 0) is 9.59 Å². The second-order valence-corrected chi connectivity index (χ2v) is 4.21. The van der Waals surface area contributed by atoms with Crippen LogP contribution >= 0.6 is 0 Å². The molecule has 2 heterocycles. The summed E-state index contributed by atoms with van der Waals surface area (Å²) >= 11 is 0. The van der Waals surface area contributed by atoms with Gasteiger partial charge >= 0.3 is 0 Å². The first-order valence-electron chi connectivity index (χ1n) is 5.98. The number of piperazine rings is 1. The van der Waals surface area contributed by atoms with Crippen LogP contribution in [0.4, 0.5) is 0 Å². The highest BCUT2D eigenvalue weighted by molar-refractivity contribution is 5.95. The Hall–Kier alpha value is -2.31. The molecule has 102 valence electrons. The minimum absolute atomic E-state index is 0.150. The molecule has 0 bridgehead atoms. The van der Waals surface area contributed by atoms with Gasteiger partial charge in [0.25, 0.3) is 5.91 Å². The Kier molecular flexibility index (Phi) is 3.84. The fourth-order valence-electron chi connectivity index (χ4n) is 1.88. The van der Waals surface area contributed by atoms with Crippen molar-refractivity contribution in [3.05, 3.63) is 24.2 Å². The molecular formula is C12H15N3O4. The maximum atomic E-state index is 11.9. The molecule has 0 spiro atoms. The van der Waals surface area contributed by atoms with Crippen LogP contribution in [0.1, 0.15) is 17.5 Å². The van der Waals surface area contributed by atoms with Crippen molar-refractivity contribution in [3.63, 3.8) is 0 Å². The molecule has 1 aromatic heterocycles. The molecule has 0 saturated carbocycles. The summed E-state index contributed by atoms with van der Waals surface area (Å²) in [7, 11) is 0. The molecule has 2 N–H and O–H groups in total. The average molecular weight is 265 g/mol. The molecule has 0 aromatic carbocycles. The van der Waals surface area contributed by atoms with Crippen molar-refractivity contribution < 1.29 is 18.8 Å². The molecule has 1 fully saturated rings. The van der Waals surface area contributed by atoms with Crippen LogP contribution in [0.15, 0.2) is 22.8 Å². The number of carbonyl (C=O) groups is 3. The molecule has 7 heteroatoms. The van der Waals surface area contributed by atoms with Crippen LogP contribution in [0.3, 0.4) is 0 Å². The summed E-state index contributed by atoms with van der Waals surface area (Å²) in [6, 6.07) is 2.59.